The average molecular weight is 496 g/mol. The highest BCUT2D eigenvalue weighted by Gasteiger charge is 2.43. The number of aromatic carboxylic acids is 1. The fraction of sp³-hybridized carbons (Fsp3) is 0.136. The zero-order chi connectivity index (χ0) is 23.9. The molecule has 4 rings (SSSR count). The van der Waals surface area contributed by atoms with E-state index in [0.717, 1.165) is 17.4 Å². The van der Waals surface area contributed by atoms with Crippen molar-refractivity contribution in [1.82, 2.24) is 0 Å². The topological polar surface area (TPSA) is 83.9 Å². The normalized spacial score (nSPS) is 14.7. The van der Waals surface area contributed by atoms with Gasteiger partial charge in [-0.2, -0.15) is 13.2 Å². The summed E-state index contributed by atoms with van der Waals surface area (Å²) in [6.07, 6.45) is -7.32. The van der Waals surface area contributed by atoms with Gasteiger partial charge in [-0.15, -0.1) is 11.3 Å². The zero-order valence-corrected chi connectivity index (χ0v) is 18.0. The van der Waals surface area contributed by atoms with Crippen molar-refractivity contribution in [2.75, 3.05) is 4.90 Å². The molecule has 2 amide bonds. The fourth-order valence-corrected chi connectivity index (χ4v) is 4.55. The first-order chi connectivity index (χ1) is 15.6. The lowest BCUT2D eigenvalue weighted by Gasteiger charge is -2.27. The number of halogens is 4. The molecule has 33 heavy (non-hydrogen) atoms. The number of hydrogen-bond donors (Lipinski definition) is 1. The second-order valence-electron chi connectivity index (χ2n) is 7.04. The highest BCUT2D eigenvalue weighted by Crippen LogP contribution is 2.40. The first-order valence-electron chi connectivity index (χ1n) is 9.36. The summed E-state index contributed by atoms with van der Waals surface area (Å²) in [6.45, 7) is 0. The van der Waals surface area contributed by atoms with Crippen molar-refractivity contribution in [3.8, 4) is 5.75 Å². The number of thiophene rings is 1. The van der Waals surface area contributed by atoms with Gasteiger partial charge in [-0.1, -0.05) is 41.9 Å². The maximum Gasteiger partial charge on any atom is 0.429 e. The predicted octanol–water partition coefficient (Wildman–Crippen LogP) is 5.51. The Morgan fingerprint density at radius 2 is 1.85 bits per heavy atom. The number of carbonyl (C=O) groups is 3. The molecule has 0 bridgehead atoms. The highest BCUT2D eigenvalue weighted by atomic mass is 35.5. The van der Waals surface area contributed by atoms with Gasteiger partial charge in [0.2, 0.25) is 12.0 Å². The molecule has 0 saturated carbocycles. The van der Waals surface area contributed by atoms with E-state index >= 15 is 0 Å². The van der Waals surface area contributed by atoms with Crippen molar-refractivity contribution >= 4 is 46.4 Å². The number of carbonyl (C=O) groups excluding carboxylic acids is 2. The van der Waals surface area contributed by atoms with Crippen molar-refractivity contribution in [2.24, 2.45) is 0 Å². The number of benzene rings is 2. The SMILES string of the molecule is O=C(O)c1scc2c1C(=O)N(c1cc(OC(c3ccccc3)C(F)(F)F)ccc1Cl)C(=O)C2. The van der Waals surface area contributed by atoms with Crippen LogP contribution in [0.15, 0.2) is 53.9 Å². The maximum absolute atomic E-state index is 13.7. The van der Waals surface area contributed by atoms with Crippen LogP contribution in [-0.4, -0.2) is 29.1 Å². The van der Waals surface area contributed by atoms with E-state index in [-0.39, 0.29) is 44.4 Å². The molecule has 1 N–H and O–H groups in total. The van der Waals surface area contributed by atoms with Gasteiger partial charge in [0.15, 0.2) is 0 Å². The number of rotatable bonds is 5. The molecule has 170 valence electrons. The Balaban J connectivity index is 1.73. The molecule has 1 atom stereocenters. The number of amides is 2. The summed E-state index contributed by atoms with van der Waals surface area (Å²) in [4.78, 5) is 37.7. The molecule has 11 heteroatoms. The summed E-state index contributed by atoms with van der Waals surface area (Å²) in [5.41, 5.74) is -0.215. The number of fused-ring (bicyclic) bond motifs is 1. The van der Waals surface area contributed by atoms with E-state index in [9.17, 15) is 32.7 Å². The lowest BCUT2D eigenvalue weighted by molar-refractivity contribution is -0.198. The maximum atomic E-state index is 13.7. The molecule has 2 aromatic carbocycles. The van der Waals surface area contributed by atoms with E-state index in [1.807, 2.05) is 0 Å². The van der Waals surface area contributed by atoms with Crippen LogP contribution in [0.2, 0.25) is 5.02 Å². The second kappa shape index (κ2) is 8.53. The lowest BCUT2D eigenvalue weighted by Crippen LogP contribution is -2.42. The van der Waals surface area contributed by atoms with Crippen LogP contribution in [0.3, 0.4) is 0 Å². The summed E-state index contributed by atoms with van der Waals surface area (Å²) >= 11 is 6.98. The van der Waals surface area contributed by atoms with Gasteiger partial charge in [0, 0.05) is 11.6 Å². The molecule has 0 radical (unpaired) electrons. The number of anilines is 1. The Kier molecular flexibility index (Phi) is 5.89. The number of ether oxygens (including phenoxy) is 1. The van der Waals surface area contributed by atoms with Gasteiger partial charge in [0.25, 0.3) is 5.91 Å². The van der Waals surface area contributed by atoms with Gasteiger partial charge in [-0.05, 0) is 23.1 Å². The van der Waals surface area contributed by atoms with Crippen molar-refractivity contribution in [1.29, 1.82) is 0 Å². The Morgan fingerprint density at radius 3 is 2.48 bits per heavy atom. The zero-order valence-electron chi connectivity index (χ0n) is 16.4. The van der Waals surface area contributed by atoms with Crippen LogP contribution in [0.25, 0.3) is 0 Å². The van der Waals surface area contributed by atoms with Crippen LogP contribution < -0.4 is 9.64 Å². The molecule has 3 aromatic rings. The molecule has 1 aliphatic rings. The summed E-state index contributed by atoms with van der Waals surface area (Å²) < 4.78 is 46.2. The van der Waals surface area contributed by atoms with Crippen LogP contribution in [0, 0.1) is 0 Å². The molecule has 2 heterocycles. The summed E-state index contributed by atoms with van der Waals surface area (Å²) in [6, 6.07) is 10.4. The van der Waals surface area contributed by atoms with E-state index in [1.54, 1.807) is 6.07 Å². The van der Waals surface area contributed by atoms with E-state index in [1.165, 1.54) is 41.8 Å². The van der Waals surface area contributed by atoms with Crippen LogP contribution in [0.5, 0.6) is 5.75 Å². The summed E-state index contributed by atoms with van der Waals surface area (Å²) in [7, 11) is 0. The number of nitrogens with zero attached hydrogens (tertiary/aromatic N) is 1. The Morgan fingerprint density at radius 1 is 1.15 bits per heavy atom. The van der Waals surface area contributed by atoms with Gasteiger partial charge < -0.3 is 9.84 Å². The van der Waals surface area contributed by atoms with Crippen LogP contribution in [0.4, 0.5) is 18.9 Å². The highest BCUT2D eigenvalue weighted by molar-refractivity contribution is 7.12. The van der Waals surface area contributed by atoms with E-state index < -0.39 is 30.1 Å². The summed E-state index contributed by atoms with van der Waals surface area (Å²) in [5.74, 6) is -3.23. The quantitative estimate of drug-likeness (QED) is 0.472. The van der Waals surface area contributed by atoms with E-state index in [4.69, 9.17) is 16.3 Å². The minimum atomic E-state index is -4.75. The van der Waals surface area contributed by atoms with Crippen LogP contribution in [0.1, 0.15) is 37.3 Å². The average Bonchev–Trinajstić information content (AvgIpc) is 3.18. The first-order valence-corrected chi connectivity index (χ1v) is 10.6. The predicted molar refractivity (Wildman–Crippen MR) is 114 cm³/mol. The molecule has 1 aromatic heterocycles. The van der Waals surface area contributed by atoms with Gasteiger partial charge >= 0.3 is 12.1 Å². The van der Waals surface area contributed by atoms with Crippen molar-refractivity contribution in [3.05, 3.63) is 80.5 Å². The molecular formula is C22H13ClF3NO5S. The number of carboxylic acids is 1. The molecule has 0 saturated heterocycles. The number of hydrogen-bond acceptors (Lipinski definition) is 5. The van der Waals surface area contributed by atoms with Crippen molar-refractivity contribution < 1.29 is 37.4 Å². The Bertz CT molecular complexity index is 1260. The Hall–Kier alpha value is -3.37. The summed E-state index contributed by atoms with van der Waals surface area (Å²) in [5, 5.41) is 10.7. The third kappa shape index (κ3) is 4.31. The lowest BCUT2D eigenvalue weighted by atomic mass is 10.0. The second-order valence-corrected chi connectivity index (χ2v) is 8.33. The molecule has 0 spiro atoms. The largest absolute Gasteiger partial charge is 0.477 e. The third-order valence-corrected chi connectivity index (χ3v) is 6.22. The Labute approximate surface area is 193 Å². The van der Waals surface area contributed by atoms with Crippen LogP contribution in [-0.2, 0) is 11.2 Å². The van der Waals surface area contributed by atoms with E-state index in [0.29, 0.717) is 4.90 Å². The number of imide groups is 1. The van der Waals surface area contributed by atoms with Gasteiger partial charge in [0.05, 0.1) is 22.7 Å². The molecular weight excluding hydrogens is 483 g/mol. The molecule has 0 aliphatic carbocycles. The van der Waals surface area contributed by atoms with Crippen molar-refractivity contribution in [3.63, 3.8) is 0 Å². The fourth-order valence-electron chi connectivity index (χ4n) is 3.45. The molecule has 0 fully saturated rings. The molecule has 1 aliphatic heterocycles. The minimum absolute atomic E-state index is 0.0946. The minimum Gasteiger partial charge on any atom is -0.477 e. The standard InChI is InChI=1S/C22H13ClF3NO5S/c23-14-7-6-13(32-19(22(24,25)26)11-4-2-1-3-5-11)9-15(14)27-16(28)8-12-10-33-18(21(30)31)17(12)20(27)29/h1-7,9-10,19H,8H2,(H,30,31). The smallest absolute Gasteiger partial charge is 0.429 e. The first kappa shape index (κ1) is 22.8. The molecule has 6 nitrogen and oxygen atoms in total. The number of alkyl halides is 3. The monoisotopic (exact) mass is 495 g/mol. The van der Waals surface area contributed by atoms with Crippen LogP contribution >= 0.6 is 22.9 Å². The third-order valence-electron chi connectivity index (χ3n) is 4.88. The molecule has 1 unspecified atom stereocenters. The number of carboxylic acid groups (broad SMARTS) is 1. The van der Waals surface area contributed by atoms with Gasteiger partial charge in [-0.3, -0.25) is 9.59 Å². The van der Waals surface area contributed by atoms with Gasteiger partial charge in [-0.25, -0.2) is 9.69 Å². The van der Waals surface area contributed by atoms with Crippen molar-refractivity contribution in [2.45, 2.75) is 18.7 Å². The van der Waals surface area contributed by atoms with Gasteiger partial charge in [0.1, 0.15) is 10.6 Å². The van der Waals surface area contributed by atoms with E-state index in [2.05, 4.69) is 0 Å².